The lowest BCUT2D eigenvalue weighted by Gasteiger charge is -2.07. The van der Waals surface area contributed by atoms with E-state index in [2.05, 4.69) is 0 Å². The van der Waals surface area contributed by atoms with Gasteiger partial charge in [0, 0.05) is 45.4 Å². The first-order valence-electron chi connectivity index (χ1n) is 14.5. The summed E-state index contributed by atoms with van der Waals surface area (Å²) in [6.07, 6.45) is -0.662. The number of carbonyl (C=O) groups excluding carboxylic acids is 2. The van der Waals surface area contributed by atoms with E-state index in [0.29, 0.717) is 44.4 Å². The molecule has 0 aliphatic rings. The third-order valence-electron chi connectivity index (χ3n) is 7.91. The lowest BCUT2D eigenvalue weighted by molar-refractivity contribution is -0.137. The number of aliphatic carboxylic acids is 2. The highest BCUT2D eigenvalue weighted by Gasteiger charge is 2.24. The number of aromatic nitrogens is 2. The third kappa shape index (κ3) is 6.23. The molecule has 4 aromatic carbocycles. The van der Waals surface area contributed by atoms with Gasteiger partial charge in [0.15, 0.2) is 23.1 Å². The largest absolute Gasteiger partial charge is 0.505 e. The molecule has 4 N–H and O–H groups in total. The second-order valence-electron chi connectivity index (χ2n) is 10.9. The van der Waals surface area contributed by atoms with Crippen LogP contribution in [-0.4, -0.2) is 53.3 Å². The fourth-order valence-corrected chi connectivity index (χ4v) is 5.67. The number of phenolic OH excluding ortho intramolecular Hbond substituents is 2. The maximum Gasteiger partial charge on any atom is 0.307 e. The van der Waals surface area contributed by atoms with Gasteiger partial charge in [-0.3, -0.25) is 28.3 Å². The highest BCUT2D eigenvalue weighted by atomic mass is 19.1. The minimum atomic E-state index is -1.08. The summed E-state index contributed by atoms with van der Waals surface area (Å²) in [5, 5.41) is 38.1. The van der Waals surface area contributed by atoms with Crippen LogP contribution in [0.4, 0.5) is 8.78 Å². The third-order valence-corrected chi connectivity index (χ3v) is 7.91. The van der Waals surface area contributed by atoms with Crippen molar-refractivity contribution in [2.45, 2.75) is 26.7 Å². The van der Waals surface area contributed by atoms with Crippen LogP contribution in [0.25, 0.3) is 21.8 Å². The number of fused-ring (bicyclic) bond motifs is 2. The Hall–Kier alpha value is -6.30. The van der Waals surface area contributed by atoms with E-state index < -0.39 is 35.1 Å². The van der Waals surface area contributed by atoms with Gasteiger partial charge in [-0.15, -0.1) is 0 Å². The quantitative estimate of drug-likeness (QED) is 0.165. The summed E-state index contributed by atoms with van der Waals surface area (Å²) in [6.45, 7) is 3.21. The lowest BCUT2D eigenvalue weighted by Crippen LogP contribution is -2.14. The van der Waals surface area contributed by atoms with Crippen LogP contribution in [0.2, 0.25) is 0 Å². The first-order chi connectivity index (χ1) is 22.8. The van der Waals surface area contributed by atoms with Crippen LogP contribution in [-0.2, 0) is 22.4 Å². The second kappa shape index (κ2) is 13.2. The second-order valence-corrected chi connectivity index (χ2v) is 10.9. The minimum absolute atomic E-state index is 0.230. The summed E-state index contributed by atoms with van der Waals surface area (Å²) in [5.74, 6) is -5.84. The number of aromatic hydroxyl groups is 2. The van der Waals surface area contributed by atoms with E-state index in [1.807, 2.05) is 0 Å². The Bertz CT molecular complexity index is 2080. The van der Waals surface area contributed by atoms with Gasteiger partial charge in [0.1, 0.15) is 0 Å². The predicted molar refractivity (Wildman–Crippen MR) is 172 cm³/mol. The van der Waals surface area contributed by atoms with E-state index in [4.69, 9.17) is 10.2 Å². The summed E-state index contributed by atoms with van der Waals surface area (Å²) >= 11 is 0. The van der Waals surface area contributed by atoms with Gasteiger partial charge in [-0.05, 0) is 61.4 Å². The SMILES string of the molecule is Cc1c(CC(=O)O)c2cc(O)c(F)cc2n1C(=O)c1ccccc1.Cc1c(CC(=O)O)c2cc(O)c(F)cc2n1C(=O)c1ccccc1. The standard InChI is InChI=1S/2C18H14FNO4/c2*1-10-12(8-17(22)23)13-7-16(21)14(19)9-15(13)20(10)18(24)11-5-3-2-4-6-11/h2*2-7,9,21H,8H2,1H3,(H,22,23). The van der Waals surface area contributed by atoms with Crippen molar-refractivity contribution in [3.8, 4) is 11.5 Å². The fourth-order valence-electron chi connectivity index (χ4n) is 5.67. The van der Waals surface area contributed by atoms with Crippen molar-refractivity contribution >= 4 is 45.6 Å². The van der Waals surface area contributed by atoms with Crippen LogP contribution >= 0.6 is 0 Å². The Labute approximate surface area is 271 Å². The molecule has 0 fully saturated rings. The molecule has 10 nitrogen and oxygen atoms in total. The van der Waals surface area contributed by atoms with Crippen molar-refractivity contribution in [3.05, 3.63) is 130 Å². The Morgan fingerprint density at radius 1 is 0.583 bits per heavy atom. The van der Waals surface area contributed by atoms with E-state index in [-0.39, 0.29) is 35.7 Å². The summed E-state index contributed by atoms with van der Waals surface area (Å²) in [6, 6.07) is 21.3. The Balaban J connectivity index is 0.000000188. The monoisotopic (exact) mass is 654 g/mol. The van der Waals surface area contributed by atoms with Gasteiger partial charge in [-0.25, -0.2) is 8.78 Å². The Morgan fingerprint density at radius 3 is 1.23 bits per heavy atom. The zero-order valence-corrected chi connectivity index (χ0v) is 25.6. The molecule has 0 amide bonds. The van der Waals surface area contributed by atoms with Crippen LogP contribution < -0.4 is 0 Å². The van der Waals surface area contributed by atoms with Crippen LogP contribution in [0.3, 0.4) is 0 Å². The molecule has 0 radical (unpaired) electrons. The van der Waals surface area contributed by atoms with E-state index in [1.54, 1.807) is 74.5 Å². The molecule has 6 aromatic rings. The van der Waals surface area contributed by atoms with Crippen molar-refractivity contribution in [1.82, 2.24) is 9.13 Å². The molecule has 0 unspecified atom stereocenters. The zero-order chi connectivity index (χ0) is 34.9. The lowest BCUT2D eigenvalue weighted by atomic mass is 10.1. The number of phenols is 2. The Morgan fingerprint density at radius 2 is 0.917 bits per heavy atom. The molecule has 6 rings (SSSR count). The Kier molecular flexibility index (Phi) is 9.10. The molecule has 12 heteroatoms. The number of carboxylic acids is 2. The summed E-state index contributed by atoms with van der Waals surface area (Å²) in [7, 11) is 0. The maximum atomic E-state index is 13.8. The highest BCUT2D eigenvalue weighted by Crippen LogP contribution is 2.33. The van der Waals surface area contributed by atoms with Gasteiger partial charge in [0.2, 0.25) is 0 Å². The van der Waals surface area contributed by atoms with Crippen molar-refractivity contribution < 1.29 is 48.4 Å². The molecule has 0 saturated carbocycles. The maximum absolute atomic E-state index is 13.8. The van der Waals surface area contributed by atoms with Crippen molar-refractivity contribution in [3.63, 3.8) is 0 Å². The van der Waals surface area contributed by atoms with Crippen LogP contribution in [0, 0.1) is 25.5 Å². The number of carbonyl (C=O) groups is 4. The van der Waals surface area contributed by atoms with Gasteiger partial charge in [0.25, 0.3) is 11.8 Å². The average Bonchev–Trinajstić information content (AvgIpc) is 3.45. The smallest absolute Gasteiger partial charge is 0.307 e. The van der Waals surface area contributed by atoms with Gasteiger partial charge >= 0.3 is 11.9 Å². The number of hydrogen-bond acceptors (Lipinski definition) is 6. The number of halogens is 2. The van der Waals surface area contributed by atoms with E-state index >= 15 is 0 Å². The first-order valence-corrected chi connectivity index (χ1v) is 14.5. The number of benzene rings is 4. The van der Waals surface area contributed by atoms with E-state index in [9.17, 15) is 38.2 Å². The van der Waals surface area contributed by atoms with Crippen LogP contribution in [0.1, 0.15) is 43.2 Å². The molecular weight excluding hydrogens is 626 g/mol. The molecule has 0 saturated heterocycles. The number of nitrogens with zero attached hydrogens (tertiary/aromatic N) is 2. The first kappa shape index (κ1) is 33.1. The number of rotatable bonds is 6. The molecule has 0 spiro atoms. The summed E-state index contributed by atoms with van der Waals surface area (Å²) < 4.78 is 30.2. The predicted octanol–water partition coefficient (Wildman–Crippen LogP) is 6.22. The van der Waals surface area contributed by atoms with Crippen LogP contribution in [0.5, 0.6) is 11.5 Å². The highest BCUT2D eigenvalue weighted by molar-refractivity contribution is 6.06. The van der Waals surface area contributed by atoms with Gasteiger partial charge in [-0.2, -0.15) is 0 Å². The molecule has 0 aliphatic heterocycles. The summed E-state index contributed by atoms with van der Waals surface area (Å²) in [4.78, 5) is 47.9. The van der Waals surface area contributed by atoms with Crippen molar-refractivity contribution in [2.75, 3.05) is 0 Å². The minimum Gasteiger partial charge on any atom is -0.505 e. The molecule has 0 atom stereocenters. The van der Waals surface area contributed by atoms with Crippen molar-refractivity contribution in [1.29, 1.82) is 0 Å². The molecule has 2 aromatic heterocycles. The molecule has 0 aliphatic carbocycles. The normalized spacial score (nSPS) is 10.9. The van der Waals surface area contributed by atoms with Crippen molar-refractivity contribution in [2.24, 2.45) is 0 Å². The number of hydrogen-bond donors (Lipinski definition) is 4. The molecule has 2 heterocycles. The van der Waals surface area contributed by atoms with E-state index in [1.165, 1.54) is 9.13 Å². The zero-order valence-electron chi connectivity index (χ0n) is 25.6. The van der Waals surface area contributed by atoms with E-state index in [0.717, 1.165) is 24.3 Å². The molecule has 0 bridgehead atoms. The van der Waals surface area contributed by atoms with Gasteiger partial charge < -0.3 is 20.4 Å². The summed E-state index contributed by atoms with van der Waals surface area (Å²) in [5.41, 5.74) is 2.81. The van der Waals surface area contributed by atoms with Crippen LogP contribution in [0.15, 0.2) is 84.9 Å². The molecule has 244 valence electrons. The van der Waals surface area contributed by atoms with Gasteiger partial charge in [-0.1, -0.05) is 36.4 Å². The number of carboxylic acid groups (broad SMARTS) is 2. The molecule has 48 heavy (non-hydrogen) atoms. The fraction of sp³-hybridized carbons (Fsp3) is 0.111. The topological polar surface area (TPSA) is 159 Å². The molecular formula is C36H28F2N2O8. The van der Waals surface area contributed by atoms with Gasteiger partial charge in [0.05, 0.1) is 23.9 Å². The average molecular weight is 655 g/mol.